The van der Waals surface area contributed by atoms with Crippen molar-refractivity contribution in [1.82, 2.24) is 4.90 Å². The number of anilines is 2. The molecule has 4 rings (SSSR count). The normalized spacial score (nSPS) is 15.1. The number of likely N-dealkylation sites (tertiary alicyclic amines) is 1. The Morgan fingerprint density at radius 1 is 1.07 bits per heavy atom. The van der Waals surface area contributed by atoms with Crippen molar-refractivity contribution in [2.45, 2.75) is 19.8 Å². The van der Waals surface area contributed by atoms with E-state index in [1.54, 1.807) is 12.1 Å². The molecule has 2 aromatic carbocycles. The lowest BCUT2D eigenvalue weighted by Gasteiger charge is -2.21. The summed E-state index contributed by atoms with van der Waals surface area (Å²) in [6, 6.07) is 8.88. The van der Waals surface area contributed by atoms with Crippen LogP contribution in [-0.4, -0.2) is 49.6 Å². The molecule has 7 nitrogen and oxygen atoms in total. The summed E-state index contributed by atoms with van der Waals surface area (Å²) >= 11 is 6.26. The van der Waals surface area contributed by atoms with Gasteiger partial charge in [-0.25, -0.2) is 0 Å². The van der Waals surface area contributed by atoms with Gasteiger partial charge in [0.25, 0.3) is 5.91 Å². The van der Waals surface area contributed by atoms with Crippen molar-refractivity contribution in [3.05, 3.63) is 46.5 Å². The molecular formula is C22H24ClN3O4. The molecule has 0 bridgehead atoms. The van der Waals surface area contributed by atoms with Crippen LogP contribution in [0, 0.1) is 6.92 Å². The van der Waals surface area contributed by atoms with Crippen molar-refractivity contribution in [3.8, 4) is 11.5 Å². The van der Waals surface area contributed by atoms with Crippen molar-refractivity contribution in [2.24, 2.45) is 0 Å². The number of carbonyl (C=O) groups is 2. The highest BCUT2D eigenvalue weighted by atomic mass is 35.5. The molecular weight excluding hydrogens is 406 g/mol. The molecule has 0 aromatic heterocycles. The van der Waals surface area contributed by atoms with Gasteiger partial charge in [-0.15, -0.1) is 0 Å². The summed E-state index contributed by atoms with van der Waals surface area (Å²) in [6.07, 6.45) is 2.05. The standard InChI is InChI=1S/C22H24ClN3O4/c1-14-5-4-6-16(21(14)22(28)26-7-2-3-8-26)24-13-20(27)25-17-12-19-18(11-15(17)23)29-9-10-30-19/h4-6,11-12,24H,2-3,7-10,13H2,1H3,(H,25,27). The summed E-state index contributed by atoms with van der Waals surface area (Å²) in [4.78, 5) is 27.3. The van der Waals surface area contributed by atoms with Crippen molar-refractivity contribution in [2.75, 3.05) is 43.5 Å². The Morgan fingerprint density at radius 3 is 2.50 bits per heavy atom. The Balaban J connectivity index is 1.44. The number of nitrogens with zero attached hydrogens (tertiary/aromatic N) is 1. The Hall–Kier alpha value is -2.93. The van der Waals surface area contributed by atoms with Crippen LogP contribution in [0.1, 0.15) is 28.8 Å². The number of aryl methyl sites for hydroxylation is 1. The number of carbonyl (C=O) groups excluding carboxylic acids is 2. The first-order chi connectivity index (χ1) is 14.5. The Labute approximate surface area is 180 Å². The molecule has 0 spiro atoms. The molecule has 1 saturated heterocycles. The zero-order valence-electron chi connectivity index (χ0n) is 16.8. The van der Waals surface area contributed by atoms with Gasteiger partial charge in [-0.1, -0.05) is 23.7 Å². The van der Waals surface area contributed by atoms with Crippen molar-refractivity contribution in [1.29, 1.82) is 0 Å². The van der Waals surface area contributed by atoms with Crippen molar-refractivity contribution >= 4 is 34.8 Å². The monoisotopic (exact) mass is 429 g/mol. The van der Waals surface area contributed by atoms with E-state index in [4.69, 9.17) is 21.1 Å². The summed E-state index contributed by atoms with van der Waals surface area (Å²) in [5, 5.41) is 6.25. The van der Waals surface area contributed by atoms with Gasteiger partial charge in [-0.3, -0.25) is 9.59 Å². The lowest BCUT2D eigenvalue weighted by Crippen LogP contribution is -2.30. The number of halogens is 1. The summed E-state index contributed by atoms with van der Waals surface area (Å²) in [7, 11) is 0. The first-order valence-corrected chi connectivity index (χ1v) is 10.4. The molecule has 2 aliphatic rings. The van der Waals surface area contributed by atoms with Crippen LogP contribution in [0.15, 0.2) is 30.3 Å². The van der Waals surface area contributed by atoms with Gasteiger partial charge in [0, 0.05) is 30.9 Å². The summed E-state index contributed by atoms with van der Waals surface area (Å²) in [5.41, 5.74) is 2.59. The van der Waals surface area contributed by atoms with E-state index in [1.807, 2.05) is 30.0 Å². The molecule has 0 atom stereocenters. The van der Waals surface area contributed by atoms with Gasteiger partial charge in [-0.2, -0.15) is 0 Å². The lowest BCUT2D eigenvalue weighted by molar-refractivity contribution is -0.114. The van der Waals surface area contributed by atoms with E-state index in [1.165, 1.54) is 0 Å². The second-order valence-corrected chi connectivity index (χ2v) is 7.78. The molecule has 0 aliphatic carbocycles. The Bertz CT molecular complexity index is 973. The molecule has 0 unspecified atom stereocenters. The molecule has 158 valence electrons. The topological polar surface area (TPSA) is 79.9 Å². The third-order valence-corrected chi connectivity index (χ3v) is 5.54. The summed E-state index contributed by atoms with van der Waals surface area (Å²) in [6.45, 7) is 4.36. The second-order valence-electron chi connectivity index (χ2n) is 7.37. The number of hydrogen-bond acceptors (Lipinski definition) is 5. The number of fused-ring (bicyclic) bond motifs is 1. The number of nitrogens with one attached hydrogen (secondary N) is 2. The van der Waals surface area contributed by atoms with Gasteiger partial charge >= 0.3 is 0 Å². The van der Waals surface area contributed by atoms with Crippen LogP contribution in [-0.2, 0) is 4.79 Å². The average molecular weight is 430 g/mol. The van der Waals surface area contributed by atoms with Gasteiger partial charge in [0.05, 0.1) is 22.8 Å². The zero-order valence-corrected chi connectivity index (χ0v) is 17.6. The van der Waals surface area contributed by atoms with Crippen LogP contribution >= 0.6 is 11.6 Å². The Kier molecular flexibility index (Phi) is 5.99. The highest BCUT2D eigenvalue weighted by Crippen LogP contribution is 2.38. The number of rotatable bonds is 5. The molecule has 30 heavy (non-hydrogen) atoms. The van der Waals surface area contributed by atoms with Crippen LogP contribution < -0.4 is 20.1 Å². The van der Waals surface area contributed by atoms with Crippen LogP contribution in [0.3, 0.4) is 0 Å². The molecule has 2 heterocycles. The SMILES string of the molecule is Cc1cccc(NCC(=O)Nc2cc3c(cc2Cl)OCCO3)c1C(=O)N1CCCC1. The van der Waals surface area contributed by atoms with Crippen LogP contribution in [0.25, 0.3) is 0 Å². The molecule has 2 amide bonds. The average Bonchev–Trinajstić information content (AvgIpc) is 3.27. The van der Waals surface area contributed by atoms with Crippen LogP contribution in [0.4, 0.5) is 11.4 Å². The maximum atomic E-state index is 12.9. The first-order valence-electron chi connectivity index (χ1n) is 10.0. The second kappa shape index (κ2) is 8.83. The maximum absolute atomic E-state index is 12.9. The minimum absolute atomic E-state index is 0.00314. The summed E-state index contributed by atoms with van der Waals surface area (Å²) in [5.74, 6) is 0.830. The highest BCUT2D eigenvalue weighted by Gasteiger charge is 2.23. The zero-order chi connectivity index (χ0) is 21.1. The van der Waals surface area contributed by atoms with Crippen LogP contribution in [0.2, 0.25) is 5.02 Å². The van der Waals surface area contributed by atoms with Gasteiger partial charge in [0.2, 0.25) is 5.91 Å². The molecule has 1 fully saturated rings. The fourth-order valence-electron chi connectivity index (χ4n) is 3.71. The van der Waals surface area contributed by atoms with Gasteiger partial charge in [-0.05, 0) is 31.4 Å². The van der Waals surface area contributed by atoms with Crippen LogP contribution in [0.5, 0.6) is 11.5 Å². The van der Waals surface area contributed by atoms with Gasteiger partial charge in [0.1, 0.15) is 13.2 Å². The largest absolute Gasteiger partial charge is 0.486 e. The number of ether oxygens (including phenoxy) is 2. The number of hydrogen-bond donors (Lipinski definition) is 2. The quantitative estimate of drug-likeness (QED) is 0.757. The van der Waals surface area contributed by atoms with E-state index in [-0.39, 0.29) is 18.4 Å². The van der Waals surface area contributed by atoms with Crippen molar-refractivity contribution < 1.29 is 19.1 Å². The van der Waals surface area contributed by atoms with E-state index >= 15 is 0 Å². The van der Waals surface area contributed by atoms with E-state index in [0.717, 1.165) is 31.5 Å². The van der Waals surface area contributed by atoms with E-state index in [2.05, 4.69) is 10.6 Å². The van der Waals surface area contributed by atoms with Gasteiger partial charge in [0.15, 0.2) is 11.5 Å². The third-order valence-electron chi connectivity index (χ3n) is 5.23. The Morgan fingerprint density at radius 2 is 1.77 bits per heavy atom. The number of benzene rings is 2. The van der Waals surface area contributed by atoms with E-state index < -0.39 is 0 Å². The van der Waals surface area contributed by atoms with Gasteiger partial charge < -0.3 is 25.0 Å². The smallest absolute Gasteiger partial charge is 0.256 e. The number of amides is 2. The van der Waals surface area contributed by atoms with Crippen molar-refractivity contribution in [3.63, 3.8) is 0 Å². The highest BCUT2D eigenvalue weighted by molar-refractivity contribution is 6.34. The molecule has 2 N–H and O–H groups in total. The maximum Gasteiger partial charge on any atom is 0.256 e. The van der Waals surface area contributed by atoms with E-state index in [9.17, 15) is 9.59 Å². The fraction of sp³-hybridized carbons (Fsp3) is 0.364. The lowest BCUT2D eigenvalue weighted by atomic mass is 10.0. The van der Waals surface area contributed by atoms with E-state index in [0.29, 0.717) is 46.7 Å². The molecule has 0 saturated carbocycles. The molecule has 2 aromatic rings. The molecule has 2 aliphatic heterocycles. The molecule has 0 radical (unpaired) electrons. The predicted molar refractivity (Wildman–Crippen MR) is 116 cm³/mol. The molecule has 8 heteroatoms. The first kappa shape index (κ1) is 20.3. The third kappa shape index (κ3) is 4.31. The fourth-order valence-corrected chi connectivity index (χ4v) is 3.91. The summed E-state index contributed by atoms with van der Waals surface area (Å²) < 4.78 is 11.0. The minimum Gasteiger partial charge on any atom is -0.486 e. The predicted octanol–water partition coefficient (Wildman–Crippen LogP) is 3.71. The minimum atomic E-state index is -0.283.